The highest BCUT2D eigenvalue weighted by Crippen LogP contribution is 2.24. The Morgan fingerprint density at radius 3 is 2.62 bits per heavy atom. The molecule has 4 nitrogen and oxygen atoms in total. The number of rotatable bonds is 6. The van der Waals surface area contributed by atoms with Gasteiger partial charge in [0.15, 0.2) is 11.5 Å². The van der Waals surface area contributed by atoms with Crippen LogP contribution < -0.4 is 5.32 Å². The van der Waals surface area contributed by atoms with E-state index in [9.17, 15) is 5.11 Å². The molecular formula is C12H19NO3. The summed E-state index contributed by atoms with van der Waals surface area (Å²) < 4.78 is 5.37. The van der Waals surface area contributed by atoms with E-state index in [1.54, 1.807) is 12.1 Å². The third-order valence-electron chi connectivity index (χ3n) is 2.10. The first-order valence-corrected chi connectivity index (χ1v) is 5.42. The lowest BCUT2D eigenvalue weighted by atomic mass is 10.2. The van der Waals surface area contributed by atoms with Crippen LogP contribution in [0.1, 0.15) is 19.4 Å². The van der Waals surface area contributed by atoms with Gasteiger partial charge in [-0.2, -0.15) is 0 Å². The molecule has 0 saturated heterocycles. The summed E-state index contributed by atoms with van der Waals surface area (Å²) in [6.45, 7) is 6.08. The Kier molecular flexibility index (Phi) is 5.08. The number of phenolic OH excluding ortho intramolecular Hbond substituents is 2. The number of ether oxygens (including phenoxy) is 1. The molecule has 0 bridgehead atoms. The first-order valence-electron chi connectivity index (χ1n) is 5.42. The average molecular weight is 225 g/mol. The van der Waals surface area contributed by atoms with Crippen LogP contribution in [0.3, 0.4) is 0 Å². The van der Waals surface area contributed by atoms with Crippen molar-refractivity contribution >= 4 is 0 Å². The van der Waals surface area contributed by atoms with Crippen molar-refractivity contribution in [3.05, 3.63) is 23.8 Å². The summed E-state index contributed by atoms with van der Waals surface area (Å²) in [5.74, 6) is -0.176. The van der Waals surface area contributed by atoms with Gasteiger partial charge in [0.25, 0.3) is 0 Å². The van der Waals surface area contributed by atoms with Gasteiger partial charge >= 0.3 is 0 Å². The van der Waals surface area contributed by atoms with Gasteiger partial charge in [0.1, 0.15) is 0 Å². The molecule has 1 aromatic carbocycles. The van der Waals surface area contributed by atoms with E-state index in [0.29, 0.717) is 13.2 Å². The third-order valence-corrected chi connectivity index (χ3v) is 2.10. The predicted molar refractivity (Wildman–Crippen MR) is 62.6 cm³/mol. The van der Waals surface area contributed by atoms with Gasteiger partial charge < -0.3 is 20.3 Å². The van der Waals surface area contributed by atoms with E-state index in [1.807, 2.05) is 13.8 Å². The lowest BCUT2D eigenvalue weighted by Crippen LogP contribution is -2.20. The molecule has 0 aliphatic carbocycles. The minimum Gasteiger partial charge on any atom is -0.504 e. The van der Waals surface area contributed by atoms with Crippen LogP contribution in [-0.2, 0) is 11.3 Å². The van der Waals surface area contributed by atoms with Crippen molar-refractivity contribution in [2.75, 3.05) is 13.2 Å². The van der Waals surface area contributed by atoms with Gasteiger partial charge in [0, 0.05) is 13.1 Å². The molecule has 4 heteroatoms. The Balaban J connectivity index is 2.24. The second kappa shape index (κ2) is 6.35. The molecule has 0 heterocycles. The molecule has 0 aliphatic rings. The number of aromatic hydroxyl groups is 2. The largest absolute Gasteiger partial charge is 0.504 e. The Morgan fingerprint density at radius 1 is 1.25 bits per heavy atom. The molecule has 0 atom stereocenters. The topological polar surface area (TPSA) is 61.7 Å². The lowest BCUT2D eigenvalue weighted by molar-refractivity contribution is 0.0807. The smallest absolute Gasteiger partial charge is 0.157 e. The molecule has 0 aliphatic heterocycles. The summed E-state index contributed by atoms with van der Waals surface area (Å²) in [4.78, 5) is 0. The van der Waals surface area contributed by atoms with Crippen LogP contribution >= 0.6 is 0 Å². The molecule has 16 heavy (non-hydrogen) atoms. The SMILES string of the molecule is CC(C)OCCNCc1ccc(O)c(O)c1. The number of nitrogens with one attached hydrogen (secondary N) is 1. The number of hydrogen-bond acceptors (Lipinski definition) is 4. The number of benzene rings is 1. The molecule has 0 fully saturated rings. The van der Waals surface area contributed by atoms with Crippen molar-refractivity contribution < 1.29 is 14.9 Å². The zero-order valence-corrected chi connectivity index (χ0v) is 9.73. The minimum absolute atomic E-state index is 0.0854. The molecule has 0 radical (unpaired) electrons. The quantitative estimate of drug-likeness (QED) is 0.508. The van der Waals surface area contributed by atoms with Gasteiger partial charge in [-0.15, -0.1) is 0 Å². The third kappa shape index (κ3) is 4.51. The first kappa shape index (κ1) is 12.8. The fourth-order valence-corrected chi connectivity index (χ4v) is 1.28. The molecule has 0 spiro atoms. The monoisotopic (exact) mass is 225 g/mol. The van der Waals surface area contributed by atoms with Crippen LogP contribution in [0.4, 0.5) is 0 Å². The summed E-state index contributed by atoms with van der Waals surface area (Å²) in [6.07, 6.45) is 0.250. The van der Waals surface area contributed by atoms with Crippen LogP contribution in [0, 0.1) is 0 Å². The zero-order valence-electron chi connectivity index (χ0n) is 9.73. The summed E-state index contributed by atoms with van der Waals surface area (Å²) in [7, 11) is 0. The predicted octanol–water partition coefficient (Wildman–Crippen LogP) is 1.61. The molecule has 0 saturated carbocycles. The van der Waals surface area contributed by atoms with Crippen molar-refractivity contribution in [1.29, 1.82) is 0 Å². The summed E-state index contributed by atoms with van der Waals surface area (Å²) in [5, 5.41) is 21.6. The van der Waals surface area contributed by atoms with Crippen LogP contribution in [0.5, 0.6) is 11.5 Å². The van der Waals surface area contributed by atoms with Crippen molar-refractivity contribution in [3.8, 4) is 11.5 Å². The van der Waals surface area contributed by atoms with Crippen molar-refractivity contribution in [2.24, 2.45) is 0 Å². The number of phenols is 2. The van der Waals surface area contributed by atoms with Gasteiger partial charge in [-0.1, -0.05) is 6.07 Å². The highest BCUT2D eigenvalue weighted by atomic mass is 16.5. The van der Waals surface area contributed by atoms with E-state index < -0.39 is 0 Å². The molecular weight excluding hydrogens is 206 g/mol. The average Bonchev–Trinajstić information content (AvgIpc) is 2.22. The van der Waals surface area contributed by atoms with Crippen LogP contribution in [-0.4, -0.2) is 29.5 Å². The molecule has 0 amide bonds. The molecule has 0 aromatic heterocycles. The van der Waals surface area contributed by atoms with Gasteiger partial charge in [-0.05, 0) is 31.5 Å². The van der Waals surface area contributed by atoms with Gasteiger partial charge in [0.2, 0.25) is 0 Å². The molecule has 0 unspecified atom stereocenters. The van der Waals surface area contributed by atoms with Gasteiger partial charge in [-0.3, -0.25) is 0 Å². The summed E-state index contributed by atoms with van der Waals surface area (Å²) in [5.41, 5.74) is 0.930. The fourth-order valence-electron chi connectivity index (χ4n) is 1.28. The van der Waals surface area contributed by atoms with E-state index in [0.717, 1.165) is 12.1 Å². The maximum atomic E-state index is 9.27. The Bertz CT molecular complexity index is 326. The highest BCUT2D eigenvalue weighted by Gasteiger charge is 2.00. The normalized spacial score (nSPS) is 10.9. The molecule has 90 valence electrons. The Labute approximate surface area is 95.9 Å². The van der Waals surface area contributed by atoms with Crippen LogP contribution in [0.25, 0.3) is 0 Å². The maximum Gasteiger partial charge on any atom is 0.157 e. The van der Waals surface area contributed by atoms with E-state index in [1.165, 1.54) is 6.07 Å². The summed E-state index contributed by atoms with van der Waals surface area (Å²) in [6, 6.07) is 4.80. The van der Waals surface area contributed by atoms with Crippen molar-refractivity contribution in [3.63, 3.8) is 0 Å². The first-order chi connectivity index (χ1) is 7.59. The summed E-state index contributed by atoms with van der Waals surface area (Å²) >= 11 is 0. The molecule has 1 aromatic rings. The minimum atomic E-state index is -0.0908. The van der Waals surface area contributed by atoms with Crippen molar-refractivity contribution in [2.45, 2.75) is 26.5 Å². The Morgan fingerprint density at radius 2 is 2.00 bits per heavy atom. The van der Waals surface area contributed by atoms with Gasteiger partial charge in [-0.25, -0.2) is 0 Å². The van der Waals surface area contributed by atoms with E-state index >= 15 is 0 Å². The van der Waals surface area contributed by atoms with E-state index in [-0.39, 0.29) is 17.6 Å². The number of hydrogen-bond donors (Lipinski definition) is 3. The highest BCUT2D eigenvalue weighted by molar-refractivity contribution is 5.40. The lowest BCUT2D eigenvalue weighted by Gasteiger charge is -2.09. The molecule has 3 N–H and O–H groups in total. The Hall–Kier alpha value is -1.26. The second-order valence-corrected chi connectivity index (χ2v) is 3.92. The zero-order chi connectivity index (χ0) is 12.0. The fraction of sp³-hybridized carbons (Fsp3) is 0.500. The van der Waals surface area contributed by atoms with Crippen molar-refractivity contribution in [1.82, 2.24) is 5.32 Å². The van der Waals surface area contributed by atoms with Crippen LogP contribution in [0.15, 0.2) is 18.2 Å². The van der Waals surface area contributed by atoms with Crippen LogP contribution in [0.2, 0.25) is 0 Å². The van der Waals surface area contributed by atoms with E-state index in [2.05, 4.69) is 5.32 Å². The maximum absolute atomic E-state index is 9.27. The van der Waals surface area contributed by atoms with Gasteiger partial charge in [0.05, 0.1) is 12.7 Å². The standard InChI is InChI=1S/C12H19NO3/c1-9(2)16-6-5-13-8-10-3-4-11(14)12(15)7-10/h3-4,7,9,13-15H,5-6,8H2,1-2H3. The second-order valence-electron chi connectivity index (χ2n) is 3.92. The molecule has 1 rings (SSSR count). The van der Waals surface area contributed by atoms with E-state index in [4.69, 9.17) is 9.84 Å².